The second-order valence-corrected chi connectivity index (χ2v) is 4.34. The van der Waals surface area contributed by atoms with E-state index in [0.29, 0.717) is 6.04 Å². The Labute approximate surface area is 81.7 Å². The summed E-state index contributed by atoms with van der Waals surface area (Å²) in [6, 6.07) is 4.79. The molecule has 13 heavy (non-hydrogen) atoms. The molecule has 1 atom stereocenters. The average Bonchev–Trinajstić information content (AvgIpc) is 2.23. The van der Waals surface area contributed by atoms with Crippen LogP contribution in [-0.4, -0.2) is 24.1 Å². The van der Waals surface area contributed by atoms with Gasteiger partial charge in [0.15, 0.2) is 0 Å². The third-order valence-electron chi connectivity index (χ3n) is 2.67. The molecule has 1 aromatic rings. The Balaban J connectivity index is 2.04. The molecule has 1 unspecified atom stereocenters. The summed E-state index contributed by atoms with van der Waals surface area (Å²) >= 11 is 1.70. The van der Waals surface area contributed by atoms with Gasteiger partial charge in [-0.1, -0.05) is 0 Å². The van der Waals surface area contributed by atoms with E-state index in [-0.39, 0.29) is 0 Å². The van der Waals surface area contributed by atoms with Crippen LogP contribution in [0.2, 0.25) is 0 Å². The highest BCUT2D eigenvalue weighted by Gasteiger charge is 2.32. The summed E-state index contributed by atoms with van der Waals surface area (Å²) in [5.41, 5.74) is 0. The summed E-state index contributed by atoms with van der Waals surface area (Å²) in [5.74, 6) is 1.16. The molecule has 0 saturated carbocycles. The summed E-state index contributed by atoms with van der Waals surface area (Å²) in [7, 11) is 0. The molecule has 0 aromatic carbocycles. The Hall–Kier alpha value is -0.740. The lowest BCUT2D eigenvalue weighted by atomic mass is 10.0. The molecule has 0 amide bonds. The van der Waals surface area contributed by atoms with Crippen molar-refractivity contribution in [2.75, 3.05) is 18.0 Å². The number of nitrogens with zero attached hydrogens (tertiary/aromatic N) is 2. The number of nitrogens with one attached hydrogen (secondary N) is 1. The monoisotopic (exact) mass is 193 g/mol. The Morgan fingerprint density at radius 2 is 2.62 bits per heavy atom. The van der Waals surface area contributed by atoms with E-state index in [1.54, 1.807) is 11.9 Å². The number of hydrogen-bond acceptors (Lipinski definition) is 4. The molecule has 1 aromatic heterocycles. The lowest BCUT2D eigenvalue weighted by Gasteiger charge is -2.40. The first-order valence-corrected chi connectivity index (χ1v) is 5.38. The van der Waals surface area contributed by atoms with E-state index < -0.39 is 0 Å². The lowest BCUT2D eigenvalue weighted by molar-refractivity contribution is 0.445. The number of fused-ring (bicyclic) bond motifs is 3. The van der Waals surface area contributed by atoms with Gasteiger partial charge in [0.1, 0.15) is 5.82 Å². The van der Waals surface area contributed by atoms with E-state index in [9.17, 15) is 0 Å². The first-order chi connectivity index (χ1) is 6.45. The maximum Gasteiger partial charge on any atom is 0.143 e. The van der Waals surface area contributed by atoms with Gasteiger partial charge in [0.05, 0.1) is 4.90 Å². The van der Waals surface area contributed by atoms with Gasteiger partial charge < -0.3 is 4.90 Å². The molecule has 3 rings (SSSR count). The Kier molecular flexibility index (Phi) is 1.70. The van der Waals surface area contributed by atoms with Crippen molar-refractivity contribution in [1.29, 1.82) is 0 Å². The van der Waals surface area contributed by atoms with Crippen LogP contribution in [0, 0.1) is 0 Å². The minimum absolute atomic E-state index is 0.670. The van der Waals surface area contributed by atoms with Crippen molar-refractivity contribution >= 4 is 17.8 Å². The minimum atomic E-state index is 0.670. The molecule has 1 N–H and O–H groups in total. The highest BCUT2D eigenvalue weighted by molar-refractivity contribution is 7.97. The first-order valence-electron chi connectivity index (χ1n) is 4.56. The van der Waals surface area contributed by atoms with E-state index in [0.717, 1.165) is 18.9 Å². The van der Waals surface area contributed by atoms with Gasteiger partial charge in [-0.2, -0.15) is 0 Å². The van der Waals surface area contributed by atoms with Crippen molar-refractivity contribution in [1.82, 2.24) is 9.71 Å². The van der Waals surface area contributed by atoms with Gasteiger partial charge in [-0.25, -0.2) is 4.98 Å². The molecule has 4 heteroatoms. The third kappa shape index (κ3) is 1.13. The van der Waals surface area contributed by atoms with E-state index in [4.69, 9.17) is 0 Å². The van der Waals surface area contributed by atoms with Crippen LogP contribution in [0.1, 0.15) is 6.42 Å². The predicted octanol–water partition coefficient (Wildman–Crippen LogP) is 1.27. The van der Waals surface area contributed by atoms with Gasteiger partial charge >= 0.3 is 0 Å². The first kappa shape index (κ1) is 7.64. The van der Waals surface area contributed by atoms with Gasteiger partial charge in [-0.05, 0) is 30.5 Å². The molecule has 2 aliphatic rings. The summed E-state index contributed by atoms with van der Waals surface area (Å²) < 4.78 is 3.37. The zero-order valence-corrected chi connectivity index (χ0v) is 8.05. The number of aromatic nitrogens is 1. The normalized spacial score (nSPS) is 25.5. The smallest absolute Gasteiger partial charge is 0.143 e. The van der Waals surface area contributed by atoms with Crippen LogP contribution in [0.5, 0.6) is 0 Å². The van der Waals surface area contributed by atoms with Crippen molar-refractivity contribution in [3.8, 4) is 0 Å². The van der Waals surface area contributed by atoms with Crippen LogP contribution in [-0.2, 0) is 0 Å². The largest absolute Gasteiger partial charge is 0.351 e. The molecule has 3 heterocycles. The molecule has 1 fully saturated rings. The molecule has 2 aliphatic heterocycles. The molecule has 68 valence electrons. The molecular formula is C9H11N3S. The Morgan fingerprint density at radius 3 is 3.46 bits per heavy atom. The number of hydrogen-bond donors (Lipinski definition) is 1. The maximum absolute atomic E-state index is 4.43. The van der Waals surface area contributed by atoms with Crippen LogP contribution in [0.3, 0.4) is 0 Å². The molecule has 0 aliphatic carbocycles. The van der Waals surface area contributed by atoms with Gasteiger partial charge in [0, 0.05) is 25.3 Å². The van der Waals surface area contributed by atoms with E-state index >= 15 is 0 Å². The predicted molar refractivity (Wildman–Crippen MR) is 53.8 cm³/mol. The van der Waals surface area contributed by atoms with Crippen LogP contribution >= 0.6 is 11.9 Å². The molecule has 0 spiro atoms. The van der Waals surface area contributed by atoms with Gasteiger partial charge in [-0.3, -0.25) is 4.72 Å². The second-order valence-electron chi connectivity index (χ2n) is 3.41. The summed E-state index contributed by atoms with van der Waals surface area (Å²) in [6.45, 7) is 2.23. The number of pyridine rings is 1. The summed E-state index contributed by atoms with van der Waals surface area (Å²) in [6.07, 6.45) is 3.17. The fraction of sp³-hybridized carbons (Fsp3) is 0.444. The van der Waals surface area contributed by atoms with Crippen LogP contribution in [0.4, 0.5) is 5.82 Å². The third-order valence-corrected chi connectivity index (χ3v) is 3.52. The van der Waals surface area contributed by atoms with Crippen molar-refractivity contribution in [3.05, 3.63) is 18.3 Å². The zero-order valence-electron chi connectivity index (χ0n) is 7.23. The Morgan fingerprint density at radius 1 is 1.62 bits per heavy atom. The van der Waals surface area contributed by atoms with Crippen LogP contribution in [0.25, 0.3) is 0 Å². The van der Waals surface area contributed by atoms with Crippen molar-refractivity contribution in [3.63, 3.8) is 0 Å². The molecule has 1 saturated heterocycles. The average molecular weight is 193 g/mol. The zero-order chi connectivity index (χ0) is 8.67. The van der Waals surface area contributed by atoms with Crippen LogP contribution in [0.15, 0.2) is 23.2 Å². The molecule has 0 radical (unpaired) electrons. The standard InChI is InChI=1S/C9H11N3S/c1-2-8-9(10-4-1)12-5-3-7(12)6-11-13-8/h1-2,4,7,11H,3,5-6H2. The fourth-order valence-electron chi connectivity index (χ4n) is 1.83. The van der Waals surface area contributed by atoms with Crippen LogP contribution < -0.4 is 9.62 Å². The number of rotatable bonds is 0. The quantitative estimate of drug-likeness (QED) is 0.628. The highest BCUT2D eigenvalue weighted by Crippen LogP contribution is 2.34. The lowest BCUT2D eigenvalue weighted by Crippen LogP contribution is -2.51. The van der Waals surface area contributed by atoms with Gasteiger partial charge in [0.2, 0.25) is 0 Å². The Bertz CT molecular complexity index is 328. The van der Waals surface area contributed by atoms with E-state index in [1.807, 2.05) is 12.3 Å². The second kappa shape index (κ2) is 2.89. The summed E-state index contributed by atoms with van der Waals surface area (Å²) in [4.78, 5) is 8.07. The molecule has 0 bridgehead atoms. The SMILES string of the molecule is c1cnc2c(c1)SNCC1CCN21. The summed E-state index contributed by atoms with van der Waals surface area (Å²) in [5, 5.41) is 0. The van der Waals surface area contributed by atoms with E-state index in [2.05, 4.69) is 20.7 Å². The highest BCUT2D eigenvalue weighted by atomic mass is 32.2. The topological polar surface area (TPSA) is 28.2 Å². The molecular weight excluding hydrogens is 182 g/mol. The van der Waals surface area contributed by atoms with Gasteiger partial charge in [-0.15, -0.1) is 0 Å². The number of anilines is 1. The van der Waals surface area contributed by atoms with Crippen molar-refractivity contribution in [2.24, 2.45) is 0 Å². The maximum atomic E-state index is 4.43. The van der Waals surface area contributed by atoms with Gasteiger partial charge in [0.25, 0.3) is 0 Å². The van der Waals surface area contributed by atoms with Crippen molar-refractivity contribution < 1.29 is 0 Å². The van der Waals surface area contributed by atoms with Crippen molar-refractivity contribution in [2.45, 2.75) is 17.4 Å². The molecule has 3 nitrogen and oxygen atoms in total. The minimum Gasteiger partial charge on any atom is -0.351 e. The fourth-order valence-corrected chi connectivity index (χ4v) is 2.66. The van der Waals surface area contributed by atoms with E-state index in [1.165, 1.54) is 11.3 Å².